The van der Waals surface area contributed by atoms with Gasteiger partial charge in [-0.05, 0) is 98.2 Å². The van der Waals surface area contributed by atoms with Crippen LogP contribution in [0.1, 0.15) is 68.9 Å². The van der Waals surface area contributed by atoms with Gasteiger partial charge < -0.3 is 10.2 Å². The lowest BCUT2D eigenvalue weighted by Gasteiger charge is -2.32. The molecule has 180 valence electrons. The first-order chi connectivity index (χ1) is 15.8. The minimum atomic E-state index is -4.31. The molecule has 1 amide bonds. The Balaban J connectivity index is 1.12. The van der Waals surface area contributed by atoms with E-state index in [4.69, 9.17) is 0 Å². The number of thiophene rings is 1. The summed E-state index contributed by atoms with van der Waals surface area (Å²) in [5.74, 6) is 1.97. The number of rotatable bonds is 5. The fourth-order valence-electron chi connectivity index (χ4n) is 5.86. The van der Waals surface area contributed by atoms with Gasteiger partial charge in [-0.25, -0.2) is 0 Å². The van der Waals surface area contributed by atoms with Gasteiger partial charge in [0.15, 0.2) is 0 Å². The topological polar surface area (TPSA) is 32.3 Å². The Morgan fingerprint density at radius 1 is 1.12 bits per heavy atom. The number of piperidine rings is 1. The van der Waals surface area contributed by atoms with Gasteiger partial charge in [-0.1, -0.05) is 19.1 Å². The first-order valence-electron chi connectivity index (χ1n) is 12.4. The lowest BCUT2D eigenvalue weighted by atomic mass is 9.87. The van der Waals surface area contributed by atoms with E-state index in [0.717, 1.165) is 68.6 Å². The molecule has 1 aromatic heterocycles. The van der Waals surface area contributed by atoms with Gasteiger partial charge in [0.05, 0.1) is 5.56 Å². The fourth-order valence-corrected chi connectivity index (χ4v) is 7.05. The van der Waals surface area contributed by atoms with Gasteiger partial charge in [0.25, 0.3) is 0 Å². The van der Waals surface area contributed by atoms with Crippen molar-refractivity contribution in [3.8, 4) is 0 Å². The van der Waals surface area contributed by atoms with E-state index in [1.165, 1.54) is 36.3 Å². The zero-order chi connectivity index (χ0) is 23.2. The van der Waals surface area contributed by atoms with E-state index in [9.17, 15) is 18.0 Å². The van der Waals surface area contributed by atoms with Crippen molar-refractivity contribution in [2.75, 3.05) is 19.6 Å². The number of hydrogen-bond acceptors (Lipinski definition) is 3. The second-order valence-corrected chi connectivity index (χ2v) is 11.4. The molecule has 33 heavy (non-hydrogen) atoms. The SMILES string of the molecule is C[C@H]1CC[C@H](NC(=O)[C@@H]2C[C@H]2CN2CCC(c3csc4c(C(F)(F)F)cccc34)CC2)CC1. The Hall–Kier alpha value is -1.60. The Labute approximate surface area is 197 Å². The Kier molecular flexibility index (Phi) is 6.47. The Morgan fingerprint density at radius 2 is 1.85 bits per heavy atom. The summed E-state index contributed by atoms with van der Waals surface area (Å²) in [5.41, 5.74) is 0.556. The third-order valence-electron chi connectivity index (χ3n) is 8.08. The van der Waals surface area contributed by atoms with Crippen LogP contribution in [0, 0.1) is 17.8 Å². The summed E-state index contributed by atoms with van der Waals surface area (Å²) in [4.78, 5) is 15.1. The largest absolute Gasteiger partial charge is 0.417 e. The number of hydrogen-bond donors (Lipinski definition) is 1. The normalized spacial score (nSPS) is 29.3. The maximum absolute atomic E-state index is 13.4. The number of halogens is 3. The van der Waals surface area contributed by atoms with Gasteiger partial charge in [-0.15, -0.1) is 11.3 Å². The number of carbonyl (C=O) groups is 1. The van der Waals surface area contributed by atoms with Crippen LogP contribution in [-0.2, 0) is 11.0 Å². The molecule has 2 heterocycles. The lowest BCUT2D eigenvalue weighted by Crippen LogP contribution is -2.39. The van der Waals surface area contributed by atoms with Crippen LogP contribution in [0.15, 0.2) is 23.6 Å². The maximum atomic E-state index is 13.4. The summed E-state index contributed by atoms with van der Waals surface area (Å²) < 4.78 is 40.4. The minimum absolute atomic E-state index is 0.170. The highest BCUT2D eigenvalue weighted by atomic mass is 32.1. The molecule has 1 aromatic carbocycles. The average molecular weight is 479 g/mol. The van der Waals surface area contributed by atoms with Gasteiger partial charge in [0.1, 0.15) is 0 Å². The van der Waals surface area contributed by atoms with Crippen LogP contribution >= 0.6 is 11.3 Å². The van der Waals surface area contributed by atoms with Crippen LogP contribution in [0.3, 0.4) is 0 Å². The molecule has 3 fully saturated rings. The summed E-state index contributed by atoms with van der Waals surface area (Å²) in [5, 5.41) is 6.00. The Morgan fingerprint density at radius 3 is 2.55 bits per heavy atom. The molecule has 5 rings (SSSR count). The van der Waals surface area contributed by atoms with Crippen molar-refractivity contribution in [1.82, 2.24) is 10.2 Å². The Bertz CT molecular complexity index is 987. The van der Waals surface area contributed by atoms with Gasteiger partial charge in [0.2, 0.25) is 5.91 Å². The molecular weight excluding hydrogens is 445 g/mol. The van der Waals surface area contributed by atoms with E-state index in [0.29, 0.717) is 22.6 Å². The molecule has 3 aliphatic rings. The quantitative estimate of drug-likeness (QED) is 0.537. The smallest absolute Gasteiger partial charge is 0.353 e. The van der Waals surface area contributed by atoms with Crippen LogP contribution in [0.25, 0.3) is 10.1 Å². The van der Waals surface area contributed by atoms with Crippen molar-refractivity contribution < 1.29 is 18.0 Å². The summed E-state index contributed by atoms with van der Waals surface area (Å²) in [7, 11) is 0. The number of nitrogens with one attached hydrogen (secondary N) is 1. The molecule has 3 nitrogen and oxygen atoms in total. The highest BCUT2D eigenvalue weighted by molar-refractivity contribution is 7.17. The van der Waals surface area contributed by atoms with Gasteiger partial charge >= 0.3 is 6.18 Å². The van der Waals surface area contributed by atoms with Crippen molar-refractivity contribution in [2.45, 2.75) is 70.0 Å². The number of carbonyl (C=O) groups excluding carboxylic acids is 1. The first kappa shape index (κ1) is 23.2. The number of amides is 1. The molecule has 0 spiro atoms. The molecule has 2 aliphatic carbocycles. The molecule has 1 saturated heterocycles. The molecule has 7 heteroatoms. The predicted octanol–water partition coefficient (Wildman–Crippen LogP) is 6.43. The van der Waals surface area contributed by atoms with Gasteiger partial charge in [-0.3, -0.25) is 4.79 Å². The molecule has 0 unspecified atom stereocenters. The second-order valence-electron chi connectivity index (χ2n) is 10.5. The number of alkyl halides is 3. The summed E-state index contributed by atoms with van der Waals surface area (Å²) in [6.45, 7) is 5.16. The number of likely N-dealkylation sites (tertiary alicyclic amines) is 1. The first-order valence-corrected chi connectivity index (χ1v) is 13.3. The van der Waals surface area contributed by atoms with Crippen molar-refractivity contribution in [3.63, 3.8) is 0 Å². The number of benzene rings is 1. The van der Waals surface area contributed by atoms with Crippen LogP contribution in [-0.4, -0.2) is 36.5 Å². The average Bonchev–Trinajstić information content (AvgIpc) is 3.42. The molecule has 1 aliphatic heterocycles. The third-order valence-corrected chi connectivity index (χ3v) is 9.12. The standard InChI is InChI=1S/C26H33F3N2OS/c1-16-5-7-19(8-6-16)30-25(32)21-13-18(21)14-31-11-9-17(10-12-31)22-15-33-24-20(22)3-2-4-23(24)26(27,28)29/h2-4,15-19,21H,5-14H2,1H3,(H,30,32)/t16-,18-,19-,21+/m0/s1. The molecule has 2 atom stereocenters. The van der Waals surface area contributed by atoms with Crippen molar-refractivity contribution in [3.05, 3.63) is 34.7 Å². The summed E-state index contributed by atoms with van der Waals surface area (Å²) in [6.07, 6.45) is 3.25. The summed E-state index contributed by atoms with van der Waals surface area (Å²) >= 11 is 1.22. The second kappa shape index (κ2) is 9.21. The van der Waals surface area contributed by atoms with Crippen molar-refractivity contribution >= 4 is 27.3 Å². The molecule has 2 aromatic rings. The van der Waals surface area contributed by atoms with Gasteiger partial charge in [-0.2, -0.15) is 13.2 Å². The minimum Gasteiger partial charge on any atom is -0.353 e. The number of nitrogens with zero attached hydrogens (tertiary/aromatic N) is 1. The highest BCUT2D eigenvalue weighted by Gasteiger charge is 2.44. The summed E-state index contributed by atoms with van der Waals surface area (Å²) in [6, 6.07) is 4.91. The van der Waals surface area contributed by atoms with Crippen LogP contribution in [0.4, 0.5) is 13.2 Å². The van der Waals surface area contributed by atoms with E-state index in [1.807, 2.05) is 11.4 Å². The fraction of sp³-hybridized carbons (Fsp3) is 0.654. The van der Waals surface area contributed by atoms with Crippen molar-refractivity contribution in [1.29, 1.82) is 0 Å². The predicted molar refractivity (Wildman–Crippen MR) is 126 cm³/mol. The van der Waals surface area contributed by atoms with Crippen LogP contribution in [0.5, 0.6) is 0 Å². The monoisotopic (exact) mass is 478 g/mol. The lowest BCUT2D eigenvalue weighted by molar-refractivity contribution is -0.136. The van der Waals surface area contributed by atoms with Gasteiger partial charge in [0, 0.05) is 23.2 Å². The van der Waals surface area contributed by atoms with Crippen molar-refractivity contribution in [2.24, 2.45) is 17.8 Å². The van der Waals surface area contributed by atoms with E-state index >= 15 is 0 Å². The third kappa shape index (κ3) is 5.09. The van der Waals surface area contributed by atoms with E-state index in [-0.39, 0.29) is 11.8 Å². The zero-order valence-electron chi connectivity index (χ0n) is 19.2. The molecule has 2 saturated carbocycles. The van der Waals surface area contributed by atoms with E-state index in [2.05, 4.69) is 17.1 Å². The highest BCUT2D eigenvalue weighted by Crippen LogP contribution is 2.44. The molecule has 0 radical (unpaired) electrons. The van der Waals surface area contributed by atoms with E-state index in [1.54, 1.807) is 0 Å². The zero-order valence-corrected chi connectivity index (χ0v) is 20.0. The maximum Gasteiger partial charge on any atom is 0.417 e. The molecule has 0 bridgehead atoms. The van der Waals surface area contributed by atoms with Crippen LogP contribution < -0.4 is 5.32 Å². The number of fused-ring (bicyclic) bond motifs is 1. The van der Waals surface area contributed by atoms with E-state index < -0.39 is 11.7 Å². The van der Waals surface area contributed by atoms with Crippen LogP contribution in [0.2, 0.25) is 0 Å². The molecular formula is C26H33F3N2OS. The molecule has 1 N–H and O–H groups in total.